The van der Waals surface area contributed by atoms with Crippen molar-refractivity contribution in [2.45, 2.75) is 19.8 Å². The van der Waals surface area contributed by atoms with Crippen LogP contribution in [0, 0.1) is 0 Å². The van der Waals surface area contributed by atoms with Gasteiger partial charge in [-0.05, 0) is 24.6 Å². The van der Waals surface area contributed by atoms with Crippen molar-refractivity contribution in [2.75, 3.05) is 11.4 Å². The monoisotopic (exact) mass is 270 g/mol. The number of benzene rings is 1. The first-order valence-corrected chi connectivity index (χ1v) is 6.74. The molecular weight excluding hydrogens is 252 g/mol. The van der Waals surface area contributed by atoms with Crippen molar-refractivity contribution in [1.29, 1.82) is 0 Å². The Bertz CT molecular complexity index is 570. The van der Waals surface area contributed by atoms with Crippen LogP contribution in [0.1, 0.15) is 30.1 Å². The summed E-state index contributed by atoms with van der Waals surface area (Å²) >= 11 is 0. The van der Waals surface area contributed by atoms with Crippen molar-refractivity contribution in [3.05, 3.63) is 54.4 Å². The van der Waals surface area contributed by atoms with Crippen LogP contribution in [0.5, 0.6) is 5.75 Å². The van der Waals surface area contributed by atoms with Gasteiger partial charge in [-0.15, -0.1) is 0 Å². The molecule has 0 aliphatic heterocycles. The zero-order valence-electron chi connectivity index (χ0n) is 11.5. The Labute approximate surface area is 118 Å². The molecule has 1 amide bonds. The average molecular weight is 270 g/mol. The van der Waals surface area contributed by atoms with E-state index in [0.29, 0.717) is 6.54 Å². The SMILES string of the molecule is CCCCN(C(=O)c1ccncc1O)c1ccccc1. The van der Waals surface area contributed by atoms with Crippen LogP contribution in [0.15, 0.2) is 48.8 Å². The number of nitrogens with zero attached hydrogens (tertiary/aromatic N) is 2. The fourth-order valence-electron chi connectivity index (χ4n) is 1.98. The van der Waals surface area contributed by atoms with E-state index in [1.54, 1.807) is 11.0 Å². The molecule has 0 aliphatic rings. The molecule has 1 N–H and O–H groups in total. The summed E-state index contributed by atoms with van der Waals surface area (Å²) in [6.07, 6.45) is 4.71. The van der Waals surface area contributed by atoms with Crippen molar-refractivity contribution < 1.29 is 9.90 Å². The molecule has 1 aromatic carbocycles. The van der Waals surface area contributed by atoms with E-state index >= 15 is 0 Å². The van der Waals surface area contributed by atoms with Gasteiger partial charge in [0.1, 0.15) is 5.75 Å². The van der Waals surface area contributed by atoms with E-state index in [1.807, 2.05) is 30.3 Å². The largest absolute Gasteiger partial charge is 0.505 e. The Balaban J connectivity index is 2.32. The normalized spacial score (nSPS) is 10.2. The molecule has 0 unspecified atom stereocenters. The Hall–Kier alpha value is -2.36. The van der Waals surface area contributed by atoms with Crippen molar-refractivity contribution >= 4 is 11.6 Å². The minimum absolute atomic E-state index is 0.0880. The predicted molar refractivity (Wildman–Crippen MR) is 78.9 cm³/mol. The van der Waals surface area contributed by atoms with Crippen LogP contribution < -0.4 is 4.90 Å². The summed E-state index contributed by atoms with van der Waals surface area (Å²) in [5.41, 5.74) is 1.11. The Morgan fingerprint density at radius 1 is 1.25 bits per heavy atom. The number of carbonyl (C=O) groups excluding carboxylic acids is 1. The number of unbranched alkanes of at least 4 members (excludes halogenated alkanes) is 1. The molecule has 1 aromatic heterocycles. The van der Waals surface area contributed by atoms with Crippen LogP contribution in [-0.2, 0) is 0 Å². The lowest BCUT2D eigenvalue weighted by Gasteiger charge is -2.23. The number of hydrogen-bond donors (Lipinski definition) is 1. The highest BCUT2D eigenvalue weighted by atomic mass is 16.3. The van der Waals surface area contributed by atoms with E-state index in [0.717, 1.165) is 18.5 Å². The highest BCUT2D eigenvalue weighted by Gasteiger charge is 2.19. The molecule has 0 saturated heterocycles. The number of carbonyl (C=O) groups is 1. The van der Waals surface area contributed by atoms with Gasteiger partial charge in [0.25, 0.3) is 5.91 Å². The van der Waals surface area contributed by atoms with E-state index in [-0.39, 0.29) is 17.2 Å². The highest BCUT2D eigenvalue weighted by Crippen LogP contribution is 2.22. The zero-order valence-corrected chi connectivity index (χ0v) is 11.5. The number of para-hydroxylation sites is 1. The Morgan fingerprint density at radius 3 is 2.65 bits per heavy atom. The van der Waals surface area contributed by atoms with Gasteiger partial charge in [0.15, 0.2) is 0 Å². The third-order valence-corrected chi connectivity index (χ3v) is 3.08. The van der Waals surface area contributed by atoms with Gasteiger partial charge in [-0.25, -0.2) is 0 Å². The van der Waals surface area contributed by atoms with Gasteiger partial charge in [-0.1, -0.05) is 31.5 Å². The van der Waals surface area contributed by atoms with Crippen molar-refractivity contribution in [3.63, 3.8) is 0 Å². The second-order valence-corrected chi connectivity index (χ2v) is 4.54. The minimum Gasteiger partial charge on any atom is -0.505 e. The van der Waals surface area contributed by atoms with Crippen LogP contribution in [-0.4, -0.2) is 22.5 Å². The third kappa shape index (κ3) is 3.15. The minimum atomic E-state index is -0.204. The van der Waals surface area contributed by atoms with Crippen LogP contribution in [0.4, 0.5) is 5.69 Å². The average Bonchev–Trinajstić information content (AvgIpc) is 2.49. The number of rotatable bonds is 5. The molecule has 0 bridgehead atoms. The number of anilines is 1. The van der Waals surface area contributed by atoms with E-state index in [1.165, 1.54) is 12.4 Å². The molecular formula is C16H18N2O2. The van der Waals surface area contributed by atoms with Gasteiger partial charge in [0.2, 0.25) is 0 Å². The van der Waals surface area contributed by atoms with E-state index in [4.69, 9.17) is 0 Å². The number of amides is 1. The molecule has 0 aliphatic carbocycles. The maximum absolute atomic E-state index is 12.6. The first kappa shape index (κ1) is 14.1. The molecule has 20 heavy (non-hydrogen) atoms. The van der Waals surface area contributed by atoms with Gasteiger partial charge in [-0.2, -0.15) is 0 Å². The summed E-state index contributed by atoms with van der Waals surface area (Å²) in [5.74, 6) is -0.292. The molecule has 0 saturated carbocycles. The van der Waals surface area contributed by atoms with Crippen molar-refractivity contribution in [2.24, 2.45) is 0 Å². The van der Waals surface area contributed by atoms with Gasteiger partial charge >= 0.3 is 0 Å². The maximum atomic E-state index is 12.6. The number of pyridine rings is 1. The number of hydrogen-bond acceptors (Lipinski definition) is 3. The fraction of sp³-hybridized carbons (Fsp3) is 0.250. The van der Waals surface area contributed by atoms with Gasteiger partial charge in [0.05, 0.1) is 11.8 Å². The smallest absolute Gasteiger partial charge is 0.262 e. The molecule has 4 nitrogen and oxygen atoms in total. The summed E-state index contributed by atoms with van der Waals surface area (Å²) in [6.45, 7) is 2.71. The lowest BCUT2D eigenvalue weighted by molar-refractivity contribution is 0.0984. The van der Waals surface area contributed by atoms with Crippen LogP contribution >= 0.6 is 0 Å². The molecule has 104 valence electrons. The highest BCUT2D eigenvalue weighted by molar-refractivity contribution is 6.07. The lowest BCUT2D eigenvalue weighted by atomic mass is 10.1. The molecule has 2 rings (SSSR count). The zero-order chi connectivity index (χ0) is 14.4. The number of aromatic nitrogens is 1. The quantitative estimate of drug-likeness (QED) is 0.907. The molecule has 0 spiro atoms. The van der Waals surface area contributed by atoms with Gasteiger partial charge in [-0.3, -0.25) is 9.78 Å². The van der Waals surface area contributed by atoms with Crippen molar-refractivity contribution in [1.82, 2.24) is 4.98 Å². The standard InChI is InChI=1S/C16H18N2O2/c1-2-3-11-18(13-7-5-4-6-8-13)16(20)14-9-10-17-12-15(14)19/h4-10,12,19H,2-3,11H2,1H3. The van der Waals surface area contributed by atoms with Crippen LogP contribution in [0.3, 0.4) is 0 Å². The second kappa shape index (κ2) is 6.70. The second-order valence-electron chi connectivity index (χ2n) is 4.54. The molecule has 4 heteroatoms. The third-order valence-electron chi connectivity index (χ3n) is 3.08. The van der Waals surface area contributed by atoms with E-state index < -0.39 is 0 Å². The summed E-state index contributed by atoms with van der Waals surface area (Å²) in [6, 6.07) is 11.0. The summed E-state index contributed by atoms with van der Waals surface area (Å²) in [4.78, 5) is 18.1. The van der Waals surface area contributed by atoms with Crippen LogP contribution in [0.2, 0.25) is 0 Å². The summed E-state index contributed by atoms with van der Waals surface area (Å²) in [5, 5.41) is 9.79. The topological polar surface area (TPSA) is 53.4 Å². The first-order valence-electron chi connectivity index (χ1n) is 6.74. The van der Waals surface area contributed by atoms with E-state index in [9.17, 15) is 9.90 Å². The molecule has 0 radical (unpaired) electrons. The molecule has 1 heterocycles. The van der Waals surface area contributed by atoms with Gasteiger partial charge in [0, 0.05) is 18.4 Å². The fourth-order valence-corrected chi connectivity index (χ4v) is 1.98. The van der Waals surface area contributed by atoms with E-state index in [2.05, 4.69) is 11.9 Å². The molecule has 0 atom stereocenters. The molecule has 2 aromatic rings. The van der Waals surface area contributed by atoms with Crippen molar-refractivity contribution in [3.8, 4) is 5.75 Å². The maximum Gasteiger partial charge on any atom is 0.262 e. The number of aromatic hydroxyl groups is 1. The first-order chi connectivity index (χ1) is 9.74. The summed E-state index contributed by atoms with van der Waals surface area (Å²) < 4.78 is 0. The Morgan fingerprint density at radius 2 is 2.00 bits per heavy atom. The lowest BCUT2D eigenvalue weighted by Crippen LogP contribution is -2.31. The van der Waals surface area contributed by atoms with Gasteiger partial charge < -0.3 is 10.0 Å². The van der Waals surface area contributed by atoms with Crippen LogP contribution in [0.25, 0.3) is 0 Å². The Kier molecular flexibility index (Phi) is 4.71. The molecule has 0 fully saturated rings. The predicted octanol–water partition coefficient (Wildman–Crippen LogP) is 3.23. The summed E-state index contributed by atoms with van der Waals surface area (Å²) in [7, 11) is 0.